The molecular weight excluding hydrogens is 324 g/mol. The van der Waals surface area contributed by atoms with Gasteiger partial charge in [-0.15, -0.1) is 0 Å². The Labute approximate surface area is 149 Å². The molecule has 0 amide bonds. The zero-order valence-electron chi connectivity index (χ0n) is 15.4. The fourth-order valence-corrected chi connectivity index (χ4v) is 2.40. The van der Waals surface area contributed by atoms with E-state index in [1.54, 1.807) is 7.11 Å². The maximum atomic E-state index is 12.0. The Kier molecular flexibility index (Phi) is 7.38. The lowest BCUT2D eigenvalue weighted by molar-refractivity contribution is -0.174. The molecule has 0 aromatic heterocycles. The lowest BCUT2D eigenvalue weighted by Gasteiger charge is -2.21. The topological polar surface area (TPSA) is 63.2 Å². The molecule has 1 saturated heterocycles. The molecule has 3 atom stereocenters. The van der Waals surface area contributed by atoms with Crippen molar-refractivity contribution in [1.29, 1.82) is 0 Å². The van der Waals surface area contributed by atoms with E-state index in [9.17, 15) is 4.79 Å². The van der Waals surface area contributed by atoms with E-state index in [1.165, 1.54) is 0 Å². The zero-order chi connectivity index (χ0) is 18.3. The number of carbonyl (C=O) groups excluding carboxylic acids is 1. The van der Waals surface area contributed by atoms with Gasteiger partial charge in [-0.25, -0.2) is 0 Å². The zero-order valence-corrected chi connectivity index (χ0v) is 15.4. The third kappa shape index (κ3) is 6.40. The molecule has 1 heterocycles. The van der Waals surface area contributed by atoms with Crippen molar-refractivity contribution in [3.63, 3.8) is 0 Å². The van der Waals surface area contributed by atoms with Crippen molar-refractivity contribution in [2.75, 3.05) is 20.5 Å². The van der Waals surface area contributed by atoms with Crippen LogP contribution in [0.25, 0.3) is 0 Å². The molecule has 0 spiro atoms. The van der Waals surface area contributed by atoms with Gasteiger partial charge in [-0.2, -0.15) is 0 Å². The number of carbonyl (C=O) groups is 1. The molecule has 0 unspecified atom stereocenters. The SMILES string of the molecule is COCO[C@H]1C[C@H](OCc2ccccc2)O[C@@H]1COC(=O)C(C)(C)C. The Morgan fingerprint density at radius 2 is 1.92 bits per heavy atom. The second-order valence-corrected chi connectivity index (χ2v) is 7.10. The van der Waals surface area contributed by atoms with E-state index < -0.39 is 11.7 Å². The van der Waals surface area contributed by atoms with Crippen molar-refractivity contribution in [3.05, 3.63) is 35.9 Å². The monoisotopic (exact) mass is 352 g/mol. The normalized spacial score (nSPS) is 23.6. The Hall–Kier alpha value is -1.47. The van der Waals surface area contributed by atoms with E-state index in [-0.39, 0.29) is 31.6 Å². The third-order valence-electron chi connectivity index (χ3n) is 3.84. The van der Waals surface area contributed by atoms with Crippen molar-refractivity contribution in [1.82, 2.24) is 0 Å². The first kappa shape index (κ1) is 19.8. The van der Waals surface area contributed by atoms with Crippen LogP contribution in [0, 0.1) is 5.41 Å². The molecule has 0 saturated carbocycles. The summed E-state index contributed by atoms with van der Waals surface area (Å²) >= 11 is 0. The van der Waals surface area contributed by atoms with Crippen molar-refractivity contribution < 1.29 is 28.5 Å². The highest BCUT2D eigenvalue weighted by molar-refractivity contribution is 5.75. The predicted octanol–water partition coefficient (Wildman–Crippen LogP) is 2.90. The summed E-state index contributed by atoms with van der Waals surface area (Å²) in [6.45, 7) is 6.19. The number of hydrogen-bond acceptors (Lipinski definition) is 6. The molecule has 1 aromatic carbocycles. The summed E-state index contributed by atoms with van der Waals surface area (Å²) < 4.78 is 27.7. The van der Waals surface area contributed by atoms with Crippen LogP contribution in [0.4, 0.5) is 0 Å². The van der Waals surface area contributed by atoms with Crippen LogP contribution >= 0.6 is 0 Å². The Morgan fingerprint density at radius 3 is 2.56 bits per heavy atom. The van der Waals surface area contributed by atoms with Gasteiger partial charge in [0.05, 0.1) is 18.1 Å². The van der Waals surface area contributed by atoms with Crippen LogP contribution in [0.1, 0.15) is 32.8 Å². The minimum atomic E-state index is -0.551. The number of hydrogen-bond donors (Lipinski definition) is 0. The Balaban J connectivity index is 1.86. The lowest BCUT2D eigenvalue weighted by atomic mass is 9.97. The van der Waals surface area contributed by atoms with Crippen LogP contribution in [-0.4, -0.2) is 45.0 Å². The van der Waals surface area contributed by atoms with Crippen LogP contribution in [0.3, 0.4) is 0 Å². The molecule has 0 radical (unpaired) electrons. The maximum absolute atomic E-state index is 12.0. The van der Waals surface area contributed by atoms with E-state index in [2.05, 4.69) is 0 Å². The summed E-state index contributed by atoms with van der Waals surface area (Å²) in [5, 5.41) is 0. The van der Waals surface area contributed by atoms with Crippen LogP contribution < -0.4 is 0 Å². The van der Waals surface area contributed by atoms with Gasteiger partial charge in [-0.1, -0.05) is 30.3 Å². The van der Waals surface area contributed by atoms with Gasteiger partial charge in [0.25, 0.3) is 0 Å². The van der Waals surface area contributed by atoms with Gasteiger partial charge in [0.15, 0.2) is 6.29 Å². The van der Waals surface area contributed by atoms with Gasteiger partial charge in [-0.05, 0) is 26.3 Å². The highest BCUT2D eigenvalue weighted by Crippen LogP contribution is 2.26. The number of methoxy groups -OCH3 is 1. The van der Waals surface area contributed by atoms with Gasteiger partial charge in [-0.3, -0.25) is 4.79 Å². The highest BCUT2D eigenvalue weighted by Gasteiger charge is 2.38. The van der Waals surface area contributed by atoms with Gasteiger partial charge in [0.2, 0.25) is 0 Å². The van der Waals surface area contributed by atoms with E-state index in [1.807, 2.05) is 51.1 Å². The molecule has 25 heavy (non-hydrogen) atoms. The largest absolute Gasteiger partial charge is 0.462 e. The standard InChI is InChI=1S/C19H28O6/c1-19(2,3)18(20)23-12-16-15(24-13-21-4)10-17(25-16)22-11-14-8-6-5-7-9-14/h5-9,15-17H,10-13H2,1-4H3/t15-,16+,17+/m0/s1. The average molecular weight is 352 g/mol. The van der Waals surface area contributed by atoms with Crippen molar-refractivity contribution >= 4 is 5.97 Å². The summed E-state index contributed by atoms with van der Waals surface area (Å²) in [6.07, 6.45) is -0.454. The number of ether oxygens (including phenoxy) is 5. The predicted molar refractivity (Wildman–Crippen MR) is 91.7 cm³/mol. The molecule has 1 aromatic rings. The van der Waals surface area contributed by atoms with E-state index in [0.717, 1.165) is 5.56 Å². The number of esters is 1. The molecule has 140 valence electrons. The fraction of sp³-hybridized carbons (Fsp3) is 0.632. The molecule has 1 aliphatic heterocycles. The third-order valence-corrected chi connectivity index (χ3v) is 3.84. The number of rotatable bonds is 8. The van der Waals surface area contributed by atoms with Crippen LogP contribution in [-0.2, 0) is 35.1 Å². The van der Waals surface area contributed by atoms with Crippen LogP contribution in [0.15, 0.2) is 30.3 Å². The minimum Gasteiger partial charge on any atom is -0.462 e. The molecule has 2 rings (SSSR count). The molecule has 1 aliphatic rings. The second-order valence-electron chi connectivity index (χ2n) is 7.10. The van der Waals surface area contributed by atoms with Gasteiger partial charge in [0.1, 0.15) is 19.5 Å². The van der Waals surface area contributed by atoms with Crippen LogP contribution in [0.5, 0.6) is 0 Å². The van der Waals surface area contributed by atoms with Crippen molar-refractivity contribution in [2.24, 2.45) is 5.41 Å². The summed E-state index contributed by atoms with van der Waals surface area (Å²) in [6, 6.07) is 9.89. The molecular formula is C19H28O6. The summed E-state index contributed by atoms with van der Waals surface area (Å²) in [5.41, 5.74) is 0.521. The first-order chi connectivity index (χ1) is 11.9. The maximum Gasteiger partial charge on any atom is 0.311 e. The summed E-state index contributed by atoms with van der Waals surface area (Å²) in [4.78, 5) is 12.0. The summed E-state index contributed by atoms with van der Waals surface area (Å²) in [7, 11) is 1.56. The molecule has 0 aliphatic carbocycles. The van der Waals surface area contributed by atoms with Gasteiger partial charge in [0, 0.05) is 13.5 Å². The van der Waals surface area contributed by atoms with Gasteiger partial charge >= 0.3 is 5.97 Å². The second kappa shape index (κ2) is 9.29. The van der Waals surface area contributed by atoms with E-state index >= 15 is 0 Å². The van der Waals surface area contributed by atoms with Crippen molar-refractivity contribution in [2.45, 2.75) is 52.3 Å². The quantitative estimate of drug-likeness (QED) is 0.529. The Bertz CT molecular complexity index is 524. The van der Waals surface area contributed by atoms with E-state index in [4.69, 9.17) is 23.7 Å². The fourth-order valence-electron chi connectivity index (χ4n) is 2.40. The minimum absolute atomic E-state index is 0.135. The lowest BCUT2D eigenvalue weighted by Crippen LogP contribution is -2.33. The van der Waals surface area contributed by atoms with Crippen LogP contribution in [0.2, 0.25) is 0 Å². The van der Waals surface area contributed by atoms with E-state index in [0.29, 0.717) is 13.0 Å². The molecule has 6 nitrogen and oxygen atoms in total. The first-order valence-electron chi connectivity index (χ1n) is 8.49. The highest BCUT2D eigenvalue weighted by atomic mass is 16.7. The van der Waals surface area contributed by atoms with Crippen molar-refractivity contribution in [3.8, 4) is 0 Å². The molecule has 0 N–H and O–H groups in total. The molecule has 0 bridgehead atoms. The smallest absolute Gasteiger partial charge is 0.311 e. The first-order valence-corrected chi connectivity index (χ1v) is 8.49. The molecule has 1 fully saturated rings. The summed E-state index contributed by atoms with van der Waals surface area (Å²) in [5.74, 6) is -0.268. The average Bonchev–Trinajstić information content (AvgIpc) is 2.98. The Morgan fingerprint density at radius 1 is 1.20 bits per heavy atom. The van der Waals surface area contributed by atoms with Gasteiger partial charge < -0.3 is 23.7 Å². The number of benzene rings is 1. The molecule has 6 heteroatoms.